The molecule has 0 aliphatic carbocycles. The summed E-state index contributed by atoms with van der Waals surface area (Å²) >= 11 is 0. The van der Waals surface area contributed by atoms with Crippen LogP contribution in [0, 0.1) is 17.0 Å². The van der Waals surface area contributed by atoms with Crippen LogP contribution in [0.1, 0.15) is 11.3 Å². The summed E-state index contributed by atoms with van der Waals surface area (Å²) in [6.07, 6.45) is 1.70. The highest BCUT2D eigenvalue weighted by Crippen LogP contribution is 2.02. The van der Waals surface area contributed by atoms with Crippen molar-refractivity contribution >= 4 is 5.96 Å². The smallest absolute Gasteiger partial charge is 0.268 e. The molecule has 0 unspecified atom stereocenters. The number of pyridine rings is 1. The first kappa shape index (κ1) is 11.9. The Hall–Kier alpha value is -2.18. The van der Waals surface area contributed by atoms with Gasteiger partial charge in [0.1, 0.15) is 5.10 Å². The molecule has 0 aliphatic rings. The van der Waals surface area contributed by atoms with Gasteiger partial charge in [0.2, 0.25) is 0 Å². The average Bonchev–Trinajstić information content (AvgIpc) is 2.20. The SMILES string of the molecule is Cc1ccc(CN(C)/C(N)=N/[N+](=O)[O-])cn1. The molecule has 16 heavy (non-hydrogen) atoms. The Kier molecular flexibility index (Phi) is 3.76. The standard InChI is InChI=1S/C9H13N5O2/c1-7-3-4-8(5-11-7)6-13(2)9(10)12-14(15)16/h3-5H,6H2,1-2H3,(H2,10,12). The summed E-state index contributed by atoms with van der Waals surface area (Å²) in [5.41, 5.74) is 7.24. The van der Waals surface area contributed by atoms with Crippen LogP contribution in [0.15, 0.2) is 23.4 Å². The number of nitrogens with two attached hydrogens (primary N) is 1. The van der Waals surface area contributed by atoms with Crippen LogP contribution in [-0.4, -0.2) is 27.9 Å². The first-order chi connectivity index (χ1) is 7.49. The molecule has 0 amide bonds. The monoisotopic (exact) mass is 223 g/mol. The number of hydrazone groups is 1. The van der Waals surface area contributed by atoms with Gasteiger partial charge in [-0.3, -0.25) is 4.98 Å². The predicted octanol–water partition coefficient (Wildman–Crippen LogP) is 0.328. The summed E-state index contributed by atoms with van der Waals surface area (Å²) in [4.78, 5) is 15.7. The van der Waals surface area contributed by atoms with Crippen LogP contribution in [0.3, 0.4) is 0 Å². The van der Waals surface area contributed by atoms with Crippen molar-refractivity contribution in [2.24, 2.45) is 10.8 Å². The van der Waals surface area contributed by atoms with Crippen LogP contribution in [-0.2, 0) is 6.54 Å². The van der Waals surface area contributed by atoms with E-state index in [-0.39, 0.29) is 5.96 Å². The van der Waals surface area contributed by atoms with Gasteiger partial charge in [0, 0.05) is 25.5 Å². The molecule has 0 saturated carbocycles. The van der Waals surface area contributed by atoms with Gasteiger partial charge in [-0.25, -0.2) is 10.1 Å². The van der Waals surface area contributed by atoms with Crippen molar-refractivity contribution in [1.29, 1.82) is 0 Å². The number of rotatable bonds is 3. The Labute approximate surface area is 92.7 Å². The predicted molar refractivity (Wildman–Crippen MR) is 59.1 cm³/mol. The van der Waals surface area contributed by atoms with Gasteiger partial charge >= 0.3 is 0 Å². The molecule has 0 saturated heterocycles. The zero-order chi connectivity index (χ0) is 12.1. The van der Waals surface area contributed by atoms with E-state index in [1.165, 1.54) is 4.90 Å². The molecule has 0 bridgehead atoms. The fourth-order valence-electron chi connectivity index (χ4n) is 1.11. The quantitative estimate of drug-likeness (QED) is 0.344. The second-order valence-electron chi connectivity index (χ2n) is 3.36. The van der Waals surface area contributed by atoms with E-state index in [4.69, 9.17) is 5.73 Å². The highest BCUT2D eigenvalue weighted by atomic mass is 16.7. The third-order valence-corrected chi connectivity index (χ3v) is 1.97. The zero-order valence-corrected chi connectivity index (χ0v) is 9.12. The van der Waals surface area contributed by atoms with Crippen molar-refractivity contribution in [3.05, 3.63) is 39.7 Å². The molecular weight excluding hydrogens is 210 g/mol. The van der Waals surface area contributed by atoms with Crippen LogP contribution >= 0.6 is 0 Å². The summed E-state index contributed by atoms with van der Waals surface area (Å²) in [5, 5.41) is 12.3. The lowest BCUT2D eigenvalue weighted by molar-refractivity contribution is -0.485. The lowest BCUT2D eigenvalue weighted by Gasteiger charge is -2.15. The molecular formula is C9H13N5O2. The highest BCUT2D eigenvalue weighted by molar-refractivity contribution is 5.77. The molecule has 0 spiro atoms. The molecule has 0 aromatic carbocycles. The number of hydrogen-bond acceptors (Lipinski definition) is 3. The number of nitrogens with zero attached hydrogens (tertiary/aromatic N) is 4. The number of aromatic nitrogens is 1. The first-order valence-electron chi connectivity index (χ1n) is 4.60. The first-order valence-corrected chi connectivity index (χ1v) is 4.60. The summed E-state index contributed by atoms with van der Waals surface area (Å²) in [6, 6.07) is 3.75. The summed E-state index contributed by atoms with van der Waals surface area (Å²) in [6.45, 7) is 2.31. The van der Waals surface area contributed by atoms with Crippen LogP contribution in [0.5, 0.6) is 0 Å². The topological polar surface area (TPSA) is 97.6 Å². The van der Waals surface area contributed by atoms with Crippen molar-refractivity contribution in [2.45, 2.75) is 13.5 Å². The molecule has 0 fully saturated rings. The van der Waals surface area contributed by atoms with E-state index in [1.54, 1.807) is 13.2 Å². The maximum Gasteiger partial charge on any atom is 0.268 e. The van der Waals surface area contributed by atoms with Gasteiger partial charge in [0.25, 0.3) is 5.96 Å². The lowest BCUT2D eigenvalue weighted by Crippen LogP contribution is -2.34. The molecule has 0 atom stereocenters. The Morgan fingerprint density at radius 2 is 2.38 bits per heavy atom. The Morgan fingerprint density at radius 1 is 1.69 bits per heavy atom. The molecule has 86 valence electrons. The van der Waals surface area contributed by atoms with Gasteiger partial charge in [-0.2, -0.15) is 0 Å². The van der Waals surface area contributed by atoms with E-state index in [2.05, 4.69) is 10.1 Å². The van der Waals surface area contributed by atoms with Gasteiger partial charge in [0.05, 0.1) is 0 Å². The van der Waals surface area contributed by atoms with Crippen molar-refractivity contribution in [1.82, 2.24) is 9.88 Å². The molecule has 1 heterocycles. The Balaban J connectivity index is 2.67. The second kappa shape index (κ2) is 5.06. The maximum atomic E-state index is 10.1. The Bertz CT molecular complexity index is 401. The Morgan fingerprint density at radius 3 is 2.88 bits per heavy atom. The van der Waals surface area contributed by atoms with E-state index in [0.717, 1.165) is 11.3 Å². The third kappa shape index (κ3) is 3.52. The van der Waals surface area contributed by atoms with Crippen LogP contribution in [0.2, 0.25) is 0 Å². The van der Waals surface area contributed by atoms with E-state index in [9.17, 15) is 10.1 Å². The molecule has 1 aromatic heterocycles. The van der Waals surface area contributed by atoms with Crippen molar-refractivity contribution in [3.8, 4) is 0 Å². The van der Waals surface area contributed by atoms with Crippen molar-refractivity contribution in [3.63, 3.8) is 0 Å². The molecule has 7 heteroatoms. The lowest BCUT2D eigenvalue weighted by atomic mass is 10.2. The average molecular weight is 223 g/mol. The van der Waals surface area contributed by atoms with E-state index >= 15 is 0 Å². The van der Waals surface area contributed by atoms with Crippen LogP contribution in [0.25, 0.3) is 0 Å². The highest BCUT2D eigenvalue weighted by Gasteiger charge is 2.07. The molecule has 2 N–H and O–H groups in total. The minimum atomic E-state index is -0.820. The molecule has 0 radical (unpaired) electrons. The molecule has 1 rings (SSSR count). The third-order valence-electron chi connectivity index (χ3n) is 1.97. The van der Waals surface area contributed by atoms with Gasteiger partial charge in [-0.1, -0.05) is 6.07 Å². The summed E-state index contributed by atoms with van der Waals surface area (Å²) in [5.74, 6) is -0.134. The van der Waals surface area contributed by atoms with Gasteiger partial charge in [-0.05, 0) is 18.6 Å². The summed E-state index contributed by atoms with van der Waals surface area (Å²) < 4.78 is 0. The minimum absolute atomic E-state index is 0.134. The molecule has 1 aromatic rings. The fourth-order valence-corrected chi connectivity index (χ4v) is 1.11. The normalized spacial score (nSPS) is 11.2. The van der Waals surface area contributed by atoms with Crippen LogP contribution < -0.4 is 5.73 Å². The van der Waals surface area contributed by atoms with Gasteiger partial charge in [-0.15, -0.1) is 0 Å². The van der Waals surface area contributed by atoms with Crippen LogP contribution in [0.4, 0.5) is 0 Å². The van der Waals surface area contributed by atoms with E-state index < -0.39 is 5.03 Å². The number of guanidine groups is 1. The maximum absolute atomic E-state index is 10.1. The van der Waals surface area contributed by atoms with E-state index in [1.807, 2.05) is 19.1 Å². The second-order valence-corrected chi connectivity index (χ2v) is 3.36. The van der Waals surface area contributed by atoms with E-state index in [0.29, 0.717) is 6.54 Å². The largest absolute Gasteiger partial charge is 0.365 e. The number of nitro groups is 1. The zero-order valence-electron chi connectivity index (χ0n) is 9.12. The molecule has 0 aliphatic heterocycles. The van der Waals surface area contributed by atoms with Gasteiger partial charge in [0.15, 0.2) is 5.03 Å². The molecule has 7 nitrogen and oxygen atoms in total. The summed E-state index contributed by atoms with van der Waals surface area (Å²) in [7, 11) is 1.63. The minimum Gasteiger partial charge on any atom is -0.365 e. The van der Waals surface area contributed by atoms with Crippen molar-refractivity contribution < 1.29 is 5.03 Å². The number of hydrogen-bond donors (Lipinski definition) is 1. The van der Waals surface area contributed by atoms with Crippen molar-refractivity contribution in [2.75, 3.05) is 7.05 Å². The van der Waals surface area contributed by atoms with Gasteiger partial charge < -0.3 is 10.6 Å². The fraction of sp³-hybridized carbons (Fsp3) is 0.333. The number of aryl methyl sites for hydroxylation is 1.